The van der Waals surface area contributed by atoms with Crippen LogP contribution in [0.2, 0.25) is 0 Å². The van der Waals surface area contributed by atoms with Crippen LogP contribution >= 0.6 is 0 Å². The van der Waals surface area contributed by atoms with Gasteiger partial charge in [-0.1, -0.05) is 12.1 Å². The Morgan fingerprint density at radius 3 is 2.31 bits per heavy atom. The maximum atomic E-state index is 12.6. The van der Waals surface area contributed by atoms with Gasteiger partial charge in [-0.15, -0.1) is 10.2 Å². The van der Waals surface area contributed by atoms with Crippen molar-refractivity contribution in [1.29, 1.82) is 0 Å². The summed E-state index contributed by atoms with van der Waals surface area (Å²) in [6.45, 7) is 0.237. The molecule has 82 valence electrons. The van der Waals surface area contributed by atoms with Crippen molar-refractivity contribution in [2.75, 3.05) is 0 Å². The van der Waals surface area contributed by atoms with Gasteiger partial charge in [0.15, 0.2) is 0 Å². The third-order valence-corrected chi connectivity index (χ3v) is 1.91. The Hall–Kier alpha value is -2.04. The van der Waals surface area contributed by atoms with E-state index in [0.717, 1.165) is 11.6 Å². The molecule has 2 aromatic rings. The minimum Gasteiger partial charge on any atom is -0.472 e. The van der Waals surface area contributed by atoms with Crippen LogP contribution in [0.25, 0.3) is 0 Å². The summed E-state index contributed by atoms with van der Waals surface area (Å²) >= 11 is 0. The van der Waals surface area contributed by atoms with E-state index in [9.17, 15) is 8.78 Å². The SMILES string of the molecule is Fc1ccc(COc2ccc(F)nn2)cc1. The molecule has 0 spiro atoms. The van der Waals surface area contributed by atoms with E-state index in [1.54, 1.807) is 12.1 Å². The number of ether oxygens (including phenoxy) is 1. The first-order chi connectivity index (χ1) is 7.74. The van der Waals surface area contributed by atoms with Crippen LogP contribution in [-0.4, -0.2) is 10.2 Å². The number of hydrogen-bond donors (Lipinski definition) is 0. The molecule has 0 unspecified atom stereocenters. The van der Waals surface area contributed by atoms with Crippen LogP contribution in [-0.2, 0) is 6.61 Å². The average Bonchev–Trinajstić information content (AvgIpc) is 2.30. The van der Waals surface area contributed by atoms with Crippen LogP contribution in [0.1, 0.15) is 5.56 Å². The molecule has 1 heterocycles. The van der Waals surface area contributed by atoms with Gasteiger partial charge in [-0.25, -0.2) is 4.39 Å². The molecule has 1 aromatic carbocycles. The predicted molar refractivity (Wildman–Crippen MR) is 52.7 cm³/mol. The van der Waals surface area contributed by atoms with E-state index < -0.39 is 5.95 Å². The van der Waals surface area contributed by atoms with Crippen molar-refractivity contribution in [2.45, 2.75) is 6.61 Å². The molecule has 3 nitrogen and oxygen atoms in total. The van der Waals surface area contributed by atoms with Gasteiger partial charge in [0.25, 0.3) is 0 Å². The molecule has 0 aliphatic heterocycles. The lowest BCUT2D eigenvalue weighted by Gasteiger charge is -2.03. The molecule has 0 saturated carbocycles. The van der Waals surface area contributed by atoms with Crippen molar-refractivity contribution < 1.29 is 13.5 Å². The van der Waals surface area contributed by atoms with Crippen LogP contribution < -0.4 is 4.74 Å². The van der Waals surface area contributed by atoms with Gasteiger partial charge in [0.05, 0.1) is 0 Å². The average molecular weight is 222 g/mol. The summed E-state index contributed by atoms with van der Waals surface area (Å²) in [7, 11) is 0. The molecule has 5 heteroatoms. The maximum Gasteiger partial charge on any atom is 0.233 e. The first-order valence-corrected chi connectivity index (χ1v) is 4.60. The summed E-state index contributed by atoms with van der Waals surface area (Å²) in [4.78, 5) is 0. The van der Waals surface area contributed by atoms with Crippen molar-refractivity contribution in [3.8, 4) is 5.88 Å². The zero-order valence-electron chi connectivity index (χ0n) is 8.23. The van der Waals surface area contributed by atoms with Gasteiger partial charge in [0, 0.05) is 12.1 Å². The highest BCUT2D eigenvalue weighted by Gasteiger charge is 1.99. The van der Waals surface area contributed by atoms with Gasteiger partial charge in [-0.05, 0) is 17.7 Å². The minimum absolute atomic E-state index is 0.228. The fraction of sp³-hybridized carbons (Fsp3) is 0.0909. The fourth-order valence-electron chi connectivity index (χ4n) is 1.12. The molecule has 0 amide bonds. The normalized spacial score (nSPS) is 10.1. The highest BCUT2D eigenvalue weighted by Crippen LogP contribution is 2.08. The molecule has 0 bridgehead atoms. The van der Waals surface area contributed by atoms with Crippen LogP contribution in [0.4, 0.5) is 8.78 Å². The number of nitrogens with zero attached hydrogens (tertiary/aromatic N) is 2. The number of halogens is 2. The summed E-state index contributed by atoms with van der Waals surface area (Å²) in [5.74, 6) is -0.731. The van der Waals surface area contributed by atoms with Gasteiger partial charge in [-0.3, -0.25) is 0 Å². The molecule has 0 fully saturated rings. The smallest absolute Gasteiger partial charge is 0.233 e. The standard InChI is InChI=1S/C11H8F2N2O/c12-9-3-1-8(2-4-9)7-16-11-6-5-10(13)14-15-11/h1-6H,7H2. The third-order valence-electron chi connectivity index (χ3n) is 1.91. The van der Waals surface area contributed by atoms with Gasteiger partial charge >= 0.3 is 0 Å². The van der Waals surface area contributed by atoms with Crippen molar-refractivity contribution in [1.82, 2.24) is 10.2 Å². The fourth-order valence-corrected chi connectivity index (χ4v) is 1.12. The maximum absolute atomic E-state index is 12.6. The van der Waals surface area contributed by atoms with Crippen molar-refractivity contribution in [3.05, 3.63) is 53.7 Å². The lowest BCUT2D eigenvalue weighted by atomic mass is 10.2. The second-order valence-electron chi connectivity index (χ2n) is 3.11. The first kappa shape index (κ1) is 10.5. The Kier molecular flexibility index (Phi) is 3.05. The van der Waals surface area contributed by atoms with E-state index in [1.807, 2.05) is 0 Å². The van der Waals surface area contributed by atoms with Crippen LogP contribution in [0.5, 0.6) is 5.88 Å². The topological polar surface area (TPSA) is 35.0 Å². The van der Waals surface area contributed by atoms with Crippen LogP contribution in [0, 0.1) is 11.8 Å². The number of hydrogen-bond acceptors (Lipinski definition) is 3. The highest BCUT2D eigenvalue weighted by atomic mass is 19.1. The van der Waals surface area contributed by atoms with Crippen molar-refractivity contribution in [2.24, 2.45) is 0 Å². The zero-order valence-corrected chi connectivity index (χ0v) is 8.23. The monoisotopic (exact) mass is 222 g/mol. The van der Waals surface area contributed by atoms with Gasteiger partial charge in [-0.2, -0.15) is 4.39 Å². The molecule has 0 atom stereocenters. The molecular formula is C11H8F2N2O. The summed E-state index contributed by atoms with van der Waals surface area (Å²) in [5.41, 5.74) is 0.799. The van der Waals surface area contributed by atoms with Crippen molar-refractivity contribution in [3.63, 3.8) is 0 Å². The van der Waals surface area contributed by atoms with E-state index >= 15 is 0 Å². The quantitative estimate of drug-likeness (QED) is 0.799. The Morgan fingerprint density at radius 1 is 0.938 bits per heavy atom. The predicted octanol–water partition coefficient (Wildman–Crippen LogP) is 2.33. The lowest BCUT2D eigenvalue weighted by Crippen LogP contribution is -1.99. The highest BCUT2D eigenvalue weighted by molar-refractivity contribution is 5.16. The number of benzene rings is 1. The van der Waals surface area contributed by atoms with Crippen LogP contribution in [0.3, 0.4) is 0 Å². The Labute approximate surface area is 90.7 Å². The third kappa shape index (κ3) is 2.73. The zero-order chi connectivity index (χ0) is 11.4. The summed E-state index contributed by atoms with van der Waals surface area (Å²) in [5, 5.41) is 6.69. The Morgan fingerprint density at radius 2 is 1.69 bits per heavy atom. The summed E-state index contributed by atoms with van der Waals surface area (Å²) < 4.78 is 30.2. The molecule has 16 heavy (non-hydrogen) atoms. The molecule has 0 N–H and O–H groups in total. The molecule has 0 saturated heterocycles. The van der Waals surface area contributed by atoms with E-state index in [0.29, 0.717) is 0 Å². The summed E-state index contributed by atoms with van der Waals surface area (Å²) in [6.07, 6.45) is 0. The minimum atomic E-state index is -0.658. The molecule has 1 aromatic heterocycles. The first-order valence-electron chi connectivity index (χ1n) is 4.60. The van der Waals surface area contributed by atoms with E-state index in [1.165, 1.54) is 18.2 Å². The van der Waals surface area contributed by atoms with Crippen molar-refractivity contribution >= 4 is 0 Å². The number of rotatable bonds is 3. The molecular weight excluding hydrogens is 214 g/mol. The Balaban J connectivity index is 1.97. The molecule has 0 radical (unpaired) electrons. The van der Waals surface area contributed by atoms with Gasteiger partial charge < -0.3 is 4.74 Å². The Bertz CT molecular complexity index is 411. The van der Waals surface area contributed by atoms with Gasteiger partial charge in [0.2, 0.25) is 11.8 Å². The van der Waals surface area contributed by atoms with Gasteiger partial charge in [0.1, 0.15) is 12.4 Å². The number of aromatic nitrogens is 2. The van der Waals surface area contributed by atoms with Crippen LogP contribution in [0.15, 0.2) is 36.4 Å². The molecule has 2 rings (SSSR count). The van der Waals surface area contributed by atoms with E-state index in [4.69, 9.17) is 4.74 Å². The second kappa shape index (κ2) is 4.65. The largest absolute Gasteiger partial charge is 0.472 e. The molecule has 0 aliphatic carbocycles. The van der Waals surface area contributed by atoms with E-state index in [2.05, 4.69) is 10.2 Å². The summed E-state index contributed by atoms with van der Waals surface area (Å²) in [6, 6.07) is 8.43. The van der Waals surface area contributed by atoms with E-state index in [-0.39, 0.29) is 18.3 Å². The molecule has 0 aliphatic rings. The lowest BCUT2D eigenvalue weighted by molar-refractivity contribution is 0.287. The second-order valence-corrected chi connectivity index (χ2v) is 3.11.